The normalized spacial score (nSPS) is 21.0. The lowest BCUT2D eigenvalue weighted by Gasteiger charge is -2.40. The van der Waals surface area contributed by atoms with E-state index < -0.39 is 81.8 Å². The van der Waals surface area contributed by atoms with Crippen LogP contribution in [-0.4, -0.2) is 222 Å². The van der Waals surface area contributed by atoms with Gasteiger partial charge < -0.3 is 61.5 Å². The number of nitrogens with two attached hydrogens (primary N) is 4. The number of aromatic nitrogens is 12. The number of halogens is 7. The van der Waals surface area contributed by atoms with E-state index in [0.717, 1.165) is 55.4 Å². The lowest BCUT2D eigenvalue weighted by atomic mass is 9.81. The van der Waals surface area contributed by atoms with Gasteiger partial charge >= 0.3 is 12.4 Å². The van der Waals surface area contributed by atoms with Crippen LogP contribution in [-0.2, 0) is 89.6 Å². The summed E-state index contributed by atoms with van der Waals surface area (Å²) in [4.78, 5) is 60.4. The molecule has 3 atom stereocenters. The minimum Gasteiger partial charge on any atom is -0.384 e. The summed E-state index contributed by atoms with van der Waals surface area (Å²) in [5.74, 6) is 1.55. The maximum absolute atomic E-state index is 13.8. The van der Waals surface area contributed by atoms with Crippen LogP contribution in [0.15, 0.2) is 79.4 Å². The molecule has 0 spiro atoms. The minimum absolute atomic E-state index is 0.0405. The Morgan fingerprint density at radius 2 is 0.683 bits per heavy atom. The number of morpholine rings is 4. The van der Waals surface area contributed by atoms with E-state index in [1.807, 2.05) is 29.7 Å². The topological polar surface area (TPSA) is 445 Å². The highest BCUT2D eigenvalue weighted by molar-refractivity contribution is 7.92. The third-order valence-corrected chi connectivity index (χ3v) is 32.1. The number of pyridine rings is 4. The molecular formula is C77H95ClF6N20O12S4. The molecule has 4 aliphatic carbocycles. The van der Waals surface area contributed by atoms with Gasteiger partial charge in [0.25, 0.3) is 0 Å². The number of nitrogen functional groups attached to an aromatic ring is 4. The molecule has 43 heteroatoms. The van der Waals surface area contributed by atoms with Gasteiger partial charge in [-0.3, -0.25) is 0 Å². The monoisotopic (exact) mass is 1770 g/mol. The minimum atomic E-state index is -4.70. The fraction of sp³-hybridized carbons (Fsp3) is 0.532. The van der Waals surface area contributed by atoms with Gasteiger partial charge in [-0.15, -0.1) is 0 Å². The first-order valence-corrected chi connectivity index (χ1v) is 46.9. The van der Waals surface area contributed by atoms with Gasteiger partial charge in [0.05, 0.1) is 133 Å². The van der Waals surface area contributed by atoms with Gasteiger partial charge in [0.15, 0.2) is 39.3 Å². The van der Waals surface area contributed by atoms with E-state index in [1.165, 1.54) is 24.6 Å². The van der Waals surface area contributed by atoms with Crippen molar-refractivity contribution >= 4 is 98.0 Å². The molecule has 12 heterocycles. The Labute approximate surface area is 696 Å². The SMILES string of the molecule is CS(=O)(=O)C1(c2cc(-c3cnc(N)cc3C(F)(F)F)nc(N3CCOCC3)n2)CCC1.C[C@H]1COCCN1c1nc(-c2ccc(N)nc2)cc(C2(S(C)(=O)=O)CCC2)n1.C[C@H]1COCCN1c1nc(-c2cnc(N)cc2C(F)(F)F)cc(C2(S(C)(=O)=O)CCC2)n1.C[C@H]1COCCN1c1nc(-c2cnc(N)cc2Cl)cc(C2(S(C)(=O)=O)CCC2)n1. The van der Waals surface area contributed by atoms with Crippen LogP contribution in [0.1, 0.15) is 132 Å². The molecule has 0 bridgehead atoms. The van der Waals surface area contributed by atoms with Gasteiger partial charge in [-0.25, -0.2) is 93.5 Å². The molecule has 0 amide bonds. The molecule has 0 radical (unpaired) electrons. The van der Waals surface area contributed by atoms with Crippen LogP contribution in [0.25, 0.3) is 45.0 Å². The number of hydrogen-bond donors (Lipinski definition) is 4. The lowest BCUT2D eigenvalue weighted by molar-refractivity contribution is -0.137. The van der Waals surface area contributed by atoms with E-state index in [-0.39, 0.29) is 75.6 Å². The number of nitrogens with zero attached hydrogens (tertiary/aromatic N) is 16. The second-order valence-electron chi connectivity index (χ2n) is 31.6. The smallest absolute Gasteiger partial charge is 0.384 e. The van der Waals surface area contributed by atoms with Crippen molar-refractivity contribution in [2.24, 2.45) is 0 Å². The molecule has 120 heavy (non-hydrogen) atoms. The molecular weight excluding hydrogens is 1670 g/mol. The highest BCUT2D eigenvalue weighted by Crippen LogP contribution is 2.53. The van der Waals surface area contributed by atoms with Crippen LogP contribution >= 0.6 is 11.6 Å². The van der Waals surface area contributed by atoms with Crippen molar-refractivity contribution in [2.45, 2.75) is 147 Å². The van der Waals surface area contributed by atoms with Crippen LogP contribution < -0.4 is 42.5 Å². The van der Waals surface area contributed by atoms with Crippen molar-refractivity contribution in [1.82, 2.24) is 59.8 Å². The molecule has 4 saturated carbocycles. The summed E-state index contributed by atoms with van der Waals surface area (Å²) in [6.45, 7) is 12.5. The highest BCUT2D eigenvalue weighted by Gasteiger charge is 2.54. The fourth-order valence-electron chi connectivity index (χ4n) is 15.9. The second kappa shape index (κ2) is 34.3. The summed E-state index contributed by atoms with van der Waals surface area (Å²) in [5.41, 5.74) is 23.9. The average molecular weight is 1770 g/mol. The van der Waals surface area contributed by atoms with Gasteiger partial charge in [0.1, 0.15) is 42.3 Å². The van der Waals surface area contributed by atoms with Crippen molar-refractivity contribution in [3.63, 3.8) is 0 Å². The van der Waals surface area contributed by atoms with Crippen molar-refractivity contribution in [3.8, 4) is 45.0 Å². The first-order valence-electron chi connectivity index (χ1n) is 39.0. The number of alkyl halides is 6. The Kier molecular flexibility index (Phi) is 25.3. The quantitative estimate of drug-likeness (QED) is 0.0654. The van der Waals surface area contributed by atoms with Crippen molar-refractivity contribution in [2.75, 3.05) is 153 Å². The Hall–Kier alpha value is -9.17. The lowest BCUT2D eigenvalue weighted by Crippen LogP contribution is -2.46. The van der Waals surface area contributed by atoms with Crippen LogP contribution in [0.2, 0.25) is 5.02 Å². The summed E-state index contributed by atoms with van der Waals surface area (Å²) in [6.07, 6.45) is 7.50. The summed E-state index contributed by atoms with van der Waals surface area (Å²) in [7, 11) is -13.8. The number of hydrogen-bond acceptors (Lipinski definition) is 32. The molecule has 0 aromatic carbocycles. The van der Waals surface area contributed by atoms with E-state index in [4.69, 9.17) is 73.4 Å². The zero-order valence-corrected chi connectivity index (χ0v) is 71.1. The Morgan fingerprint density at radius 3 is 0.992 bits per heavy atom. The van der Waals surface area contributed by atoms with Crippen molar-refractivity contribution in [1.29, 1.82) is 0 Å². The zero-order chi connectivity index (χ0) is 86.5. The molecule has 4 aliphatic heterocycles. The average Bonchev–Trinajstić information content (AvgIpc) is 0.739. The zero-order valence-electron chi connectivity index (χ0n) is 67.1. The molecule has 4 saturated heterocycles. The Bertz CT molecular complexity index is 5620. The first kappa shape index (κ1) is 88.6. The molecule has 8 N–H and O–H groups in total. The number of ether oxygens (including phenoxy) is 4. The molecule has 0 unspecified atom stereocenters. The Balaban J connectivity index is 0.000000138. The first-order chi connectivity index (χ1) is 56.4. The predicted octanol–water partition coefficient (Wildman–Crippen LogP) is 9.38. The standard InChI is InChI=1S/C20H24F3N5O3S.C19H24ClN5O3S.C19H22F3N5O3S.C19H25N5O3S/c1-12-11-31-7-6-28(12)18-26-15(13-10-25-17(24)8-14(13)20(21,22)23)9-16(27-18)19(4-3-5-19)32(2,29)30;1-12-11-28-7-6-25(12)18-23-15(13-10-22-17(21)8-14(13)20)9-16(24-18)19(4-3-5-19)29(2,26)27;1-31(28,29)18(3-2-4-18)15-10-14(25-17(26-15)27-5-7-30-8-6-27)12-11-24-16(23)9-13(12)19(20,21)22;1-13-12-27-9-8-24(13)18-22-15(14-4-5-17(20)21-11-14)10-16(23-18)19(6-3-7-19)28(2,25)26/h8-10,12H,3-7,11H2,1-2H3,(H2,24,25);8-10,12H,3-7,11H2,1-2H3,(H2,21,22);9-11H,2-8H2,1H3,(H2,23,24);4-5,10-11,13H,3,6-9,12H2,1-2H3,(H2,20,21)/t2*12-;;13-/m00.0/s1. The number of rotatable bonds is 16. The largest absolute Gasteiger partial charge is 0.417 e. The van der Waals surface area contributed by atoms with E-state index in [0.29, 0.717) is 207 Å². The molecule has 16 rings (SSSR count). The van der Waals surface area contributed by atoms with E-state index >= 15 is 0 Å². The van der Waals surface area contributed by atoms with Gasteiger partial charge in [-0.1, -0.05) is 11.6 Å². The maximum Gasteiger partial charge on any atom is 0.417 e. The summed E-state index contributed by atoms with van der Waals surface area (Å²) >= 11 is 6.40. The van der Waals surface area contributed by atoms with Crippen LogP contribution in [0.5, 0.6) is 0 Å². The van der Waals surface area contributed by atoms with Gasteiger partial charge in [0.2, 0.25) is 23.8 Å². The van der Waals surface area contributed by atoms with E-state index in [1.54, 1.807) is 41.6 Å². The van der Waals surface area contributed by atoms with Gasteiger partial charge in [-0.05, 0) is 152 Å². The van der Waals surface area contributed by atoms with Crippen LogP contribution in [0, 0.1) is 0 Å². The molecule has 8 fully saturated rings. The molecule has 8 aliphatic rings. The predicted molar refractivity (Wildman–Crippen MR) is 441 cm³/mol. The number of sulfone groups is 4. The van der Waals surface area contributed by atoms with E-state index in [2.05, 4.69) is 51.7 Å². The number of anilines is 8. The van der Waals surface area contributed by atoms with Crippen LogP contribution in [0.3, 0.4) is 0 Å². The third-order valence-electron chi connectivity index (χ3n) is 23.6. The molecule has 32 nitrogen and oxygen atoms in total. The van der Waals surface area contributed by atoms with E-state index in [9.17, 15) is 60.0 Å². The van der Waals surface area contributed by atoms with Gasteiger partial charge in [-0.2, -0.15) is 26.3 Å². The van der Waals surface area contributed by atoms with Crippen molar-refractivity contribution < 1.29 is 79.0 Å². The molecule has 8 aromatic rings. The van der Waals surface area contributed by atoms with Crippen LogP contribution in [0.4, 0.5) is 73.4 Å². The summed E-state index contributed by atoms with van der Waals surface area (Å²) in [5, 5.41) is 0.408. The second-order valence-corrected chi connectivity index (χ2v) is 41.3. The van der Waals surface area contributed by atoms with Gasteiger partial charge in [0, 0.05) is 105 Å². The molecule has 648 valence electrons. The summed E-state index contributed by atoms with van der Waals surface area (Å²) in [6, 6.07) is 12.9. The highest BCUT2D eigenvalue weighted by atomic mass is 35.5. The fourth-order valence-corrected chi connectivity index (χ4v) is 22.2. The summed E-state index contributed by atoms with van der Waals surface area (Å²) < 4.78 is 201. The Morgan fingerprint density at radius 1 is 0.383 bits per heavy atom. The maximum atomic E-state index is 13.8. The third kappa shape index (κ3) is 18.0. The molecule has 8 aromatic heterocycles. The van der Waals surface area contributed by atoms with Crippen molar-refractivity contribution in [3.05, 3.63) is 118 Å².